The molecule has 20 heavy (non-hydrogen) atoms. The molecule has 0 spiro atoms. The van der Waals surface area contributed by atoms with Crippen LogP contribution in [0.1, 0.15) is 31.9 Å². The van der Waals surface area contributed by atoms with Crippen molar-refractivity contribution in [1.82, 2.24) is 4.90 Å². The number of carboxylic acids is 1. The molecule has 0 saturated heterocycles. The summed E-state index contributed by atoms with van der Waals surface area (Å²) in [5.41, 5.74) is 0.809. The predicted octanol–water partition coefficient (Wildman–Crippen LogP) is 2.72. The molecular formula is C16H21NO3. The molecule has 0 fully saturated rings. The smallest absolute Gasteiger partial charge is 0.329 e. The summed E-state index contributed by atoms with van der Waals surface area (Å²) in [6.45, 7) is 7.14. The first-order valence-electron chi connectivity index (χ1n) is 6.58. The minimum Gasteiger partial charge on any atom is -0.480 e. The monoisotopic (exact) mass is 275 g/mol. The lowest BCUT2D eigenvalue weighted by Crippen LogP contribution is -2.52. The number of rotatable bonds is 5. The Kier molecular flexibility index (Phi) is 5.08. The third-order valence-corrected chi connectivity index (χ3v) is 3.24. The average molecular weight is 275 g/mol. The number of hydrogen-bond donors (Lipinski definition) is 1. The Balaban J connectivity index is 2.91. The van der Waals surface area contributed by atoms with E-state index in [1.807, 2.05) is 31.2 Å². The van der Waals surface area contributed by atoms with Gasteiger partial charge >= 0.3 is 5.97 Å². The molecule has 0 atom stereocenters. The minimum absolute atomic E-state index is 0.304. The van der Waals surface area contributed by atoms with Gasteiger partial charge in [0.1, 0.15) is 5.54 Å². The van der Waals surface area contributed by atoms with Gasteiger partial charge in [0.15, 0.2) is 0 Å². The SMILES string of the molecule is CCN(C(=O)C=Cc1cccc(C)c1)C(C)(C)C(=O)O. The molecule has 4 nitrogen and oxygen atoms in total. The molecule has 1 amide bonds. The highest BCUT2D eigenvalue weighted by Gasteiger charge is 2.35. The van der Waals surface area contributed by atoms with Crippen LogP contribution in [0.4, 0.5) is 0 Å². The molecule has 0 aromatic heterocycles. The van der Waals surface area contributed by atoms with Crippen molar-refractivity contribution >= 4 is 18.0 Å². The van der Waals surface area contributed by atoms with E-state index in [0.29, 0.717) is 6.54 Å². The van der Waals surface area contributed by atoms with E-state index in [9.17, 15) is 14.7 Å². The topological polar surface area (TPSA) is 57.6 Å². The van der Waals surface area contributed by atoms with Gasteiger partial charge in [-0.2, -0.15) is 0 Å². The first-order valence-corrected chi connectivity index (χ1v) is 6.58. The van der Waals surface area contributed by atoms with Crippen LogP contribution in [-0.2, 0) is 9.59 Å². The molecule has 108 valence electrons. The number of nitrogens with zero attached hydrogens (tertiary/aromatic N) is 1. The maximum atomic E-state index is 12.2. The van der Waals surface area contributed by atoms with Gasteiger partial charge < -0.3 is 10.0 Å². The van der Waals surface area contributed by atoms with Gasteiger partial charge in [0.25, 0.3) is 0 Å². The zero-order valence-electron chi connectivity index (χ0n) is 12.4. The number of carboxylic acid groups (broad SMARTS) is 1. The molecule has 0 aliphatic carbocycles. The van der Waals surface area contributed by atoms with Gasteiger partial charge in [0.05, 0.1) is 0 Å². The fraction of sp³-hybridized carbons (Fsp3) is 0.375. The standard InChI is InChI=1S/C16H21NO3/c1-5-17(16(3,4)15(19)20)14(18)10-9-13-8-6-7-12(2)11-13/h6-11H,5H2,1-4H3,(H,19,20). The van der Waals surface area contributed by atoms with Crippen molar-refractivity contribution in [2.75, 3.05) is 6.54 Å². The minimum atomic E-state index is -1.22. The van der Waals surface area contributed by atoms with E-state index in [-0.39, 0.29) is 5.91 Å². The molecule has 1 aromatic rings. The van der Waals surface area contributed by atoms with E-state index in [1.165, 1.54) is 24.8 Å². The Labute approximate surface area is 119 Å². The van der Waals surface area contributed by atoms with E-state index < -0.39 is 11.5 Å². The number of aliphatic carboxylic acids is 1. The van der Waals surface area contributed by atoms with Gasteiger partial charge in [-0.25, -0.2) is 4.79 Å². The van der Waals surface area contributed by atoms with Gasteiger partial charge in [-0.15, -0.1) is 0 Å². The van der Waals surface area contributed by atoms with Crippen molar-refractivity contribution in [3.63, 3.8) is 0 Å². The Hall–Kier alpha value is -2.10. The maximum Gasteiger partial charge on any atom is 0.329 e. The van der Waals surface area contributed by atoms with Crippen molar-refractivity contribution in [2.45, 2.75) is 33.2 Å². The van der Waals surface area contributed by atoms with Crippen LogP contribution in [0.15, 0.2) is 30.3 Å². The van der Waals surface area contributed by atoms with Crippen LogP contribution < -0.4 is 0 Å². The van der Waals surface area contributed by atoms with Gasteiger partial charge in [-0.3, -0.25) is 4.79 Å². The zero-order valence-corrected chi connectivity index (χ0v) is 12.4. The van der Waals surface area contributed by atoms with Crippen molar-refractivity contribution in [3.8, 4) is 0 Å². The second-order valence-electron chi connectivity index (χ2n) is 5.19. The molecular weight excluding hydrogens is 254 g/mol. The number of carbonyl (C=O) groups is 2. The number of amides is 1. The molecule has 4 heteroatoms. The predicted molar refractivity (Wildman–Crippen MR) is 79.3 cm³/mol. The summed E-state index contributed by atoms with van der Waals surface area (Å²) >= 11 is 0. The van der Waals surface area contributed by atoms with Gasteiger partial charge in [0.2, 0.25) is 5.91 Å². The largest absolute Gasteiger partial charge is 0.480 e. The fourth-order valence-electron chi connectivity index (χ4n) is 1.97. The molecule has 0 aliphatic heterocycles. The first-order chi connectivity index (χ1) is 9.28. The lowest BCUT2D eigenvalue weighted by Gasteiger charge is -2.33. The quantitative estimate of drug-likeness (QED) is 0.841. The molecule has 0 saturated carbocycles. The van der Waals surface area contributed by atoms with Crippen LogP contribution in [0.3, 0.4) is 0 Å². The highest BCUT2D eigenvalue weighted by atomic mass is 16.4. The summed E-state index contributed by atoms with van der Waals surface area (Å²) in [6.07, 6.45) is 3.12. The van der Waals surface area contributed by atoms with E-state index >= 15 is 0 Å². The van der Waals surface area contributed by atoms with Gasteiger partial charge in [-0.05, 0) is 39.3 Å². The average Bonchev–Trinajstić information content (AvgIpc) is 2.36. The van der Waals surface area contributed by atoms with Crippen LogP contribution in [0, 0.1) is 6.92 Å². The molecule has 0 radical (unpaired) electrons. The van der Waals surface area contributed by atoms with Crippen molar-refractivity contribution < 1.29 is 14.7 Å². The highest BCUT2D eigenvalue weighted by molar-refractivity contribution is 5.95. The number of hydrogen-bond acceptors (Lipinski definition) is 2. The van der Waals surface area contributed by atoms with Gasteiger partial charge in [0, 0.05) is 12.6 Å². The second-order valence-corrected chi connectivity index (χ2v) is 5.19. The van der Waals surface area contributed by atoms with Crippen LogP contribution in [0.2, 0.25) is 0 Å². The van der Waals surface area contributed by atoms with Crippen molar-refractivity contribution in [1.29, 1.82) is 0 Å². The lowest BCUT2D eigenvalue weighted by atomic mass is 10.0. The number of carbonyl (C=O) groups excluding carboxylic acids is 1. The van der Waals surface area contributed by atoms with E-state index in [4.69, 9.17) is 0 Å². The normalized spacial score (nSPS) is 11.6. The van der Waals surface area contributed by atoms with Crippen LogP contribution in [-0.4, -0.2) is 34.0 Å². The Morgan fingerprint density at radius 3 is 2.50 bits per heavy atom. The summed E-state index contributed by atoms with van der Waals surface area (Å²) < 4.78 is 0. The summed E-state index contributed by atoms with van der Waals surface area (Å²) in [5, 5.41) is 9.20. The molecule has 0 bridgehead atoms. The highest BCUT2D eigenvalue weighted by Crippen LogP contribution is 2.16. The molecule has 1 N–H and O–H groups in total. The van der Waals surface area contributed by atoms with Gasteiger partial charge in [-0.1, -0.05) is 29.8 Å². The Morgan fingerprint density at radius 1 is 1.35 bits per heavy atom. The Bertz CT molecular complexity index is 532. The third kappa shape index (κ3) is 3.70. The third-order valence-electron chi connectivity index (χ3n) is 3.24. The number of likely N-dealkylation sites (N-methyl/N-ethyl adjacent to an activating group) is 1. The summed E-state index contributed by atoms with van der Waals surface area (Å²) in [4.78, 5) is 24.7. The Morgan fingerprint density at radius 2 is 2.00 bits per heavy atom. The molecule has 1 aromatic carbocycles. The molecule has 0 aliphatic rings. The summed E-state index contributed by atoms with van der Waals surface area (Å²) in [7, 11) is 0. The van der Waals surface area contributed by atoms with E-state index in [2.05, 4.69) is 0 Å². The zero-order chi connectivity index (χ0) is 15.3. The van der Waals surface area contributed by atoms with Crippen LogP contribution >= 0.6 is 0 Å². The molecule has 0 unspecified atom stereocenters. The van der Waals surface area contributed by atoms with Crippen molar-refractivity contribution in [2.24, 2.45) is 0 Å². The maximum absolute atomic E-state index is 12.2. The fourth-order valence-corrected chi connectivity index (χ4v) is 1.97. The van der Waals surface area contributed by atoms with Crippen LogP contribution in [0.5, 0.6) is 0 Å². The number of aryl methyl sites for hydroxylation is 1. The van der Waals surface area contributed by atoms with Crippen LogP contribution in [0.25, 0.3) is 6.08 Å². The molecule has 1 rings (SSSR count). The van der Waals surface area contributed by atoms with Crippen molar-refractivity contribution in [3.05, 3.63) is 41.5 Å². The number of benzene rings is 1. The van der Waals surface area contributed by atoms with E-state index in [0.717, 1.165) is 11.1 Å². The summed E-state index contributed by atoms with van der Waals surface area (Å²) in [5.74, 6) is -1.32. The summed E-state index contributed by atoms with van der Waals surface area (Å²) in [6, 6.07) is 7.75. The first kappa shape index (κ1) is 16.0. The van der Waals surface area contributed by atoms with E-state index in [1.54, 1.807) is 13.0 Å². The second kappa shape index (κ2) is 6.37. The molecule has 0 heterocycles. The lowest BCUT2D eigenvalue weighted by molar-refractivity contribution is -0.154.